The number of aromatic nitrogens is 5. The van der Waals surface area contributed by atoms with Gasteiger partial charge in [0, 0.05) is 17.5 Å². The molecule has 3 heterocycles. The molecule has 4 rings (SSSR count). The third-order valence-corrected chi connectivity index (χ3v) is 4.54. The summed E-state index contributed by atoms with van der Waals surface area (Å²) in [5.74, 6) is 0.867. The molecule has 0 amide bonds. The number of nitrogens with two attached hydrogens (primary N) is 1. The Hall–Kier alpha value is -3.31. The van der Waals surface area contributed by atoms with E-state index in [9.17, 15) is 0 Å². The molecule has 2 N–H and O–H groups in total. The first-order valence-electron chi connectivity index (χ1n) is 7.77. The summed E-state index contributed by atoms with van der Waals surface area (Å²) in [6.45, 7) is 0. The minimum absolute atomic E-state index is 0.269. The lowest BCUT2D eigenvalue weighted by Crippen LogP contribution is -2.02. The molecule has 0 aliphatic heterocycles. The number of hydrogen-bond acceptors (Lipinski definition) is 6. The molecule has 0 fully saturated rings. The summed E-state index contributed by atoms with van der Waals surface area (Å²) in [4.78, 5) is 13.2. The number of rotatable bonds is 3. The van der Waals surface area contributed by atoms with E-state index in [0.717, 1.165) is 11.3 Å². The second kappa shape index (κ2) is 6.54. The average molecular weight is 406 g/mol. The maximum Gasteiger partial charge on any atom is 0.199 e. The molecule has 7 nitrogen and oxygen atoms in total. The number of benzene rings is 1. The minimum Gasteiger partial charge on any atom is -0.381 e. The summed E-state index contributed by atoms with van der Waals surface area (Å²) >= 11 is 3.54. The second-order valence-electron chi connectivity index (χ2n) is 5.59. The maximum atomic E-state index is 9.11. The standard InChI is InChI=1S/C18H12BrN7/c19-16-15(12-5-3-4-11(8-12)10-20)24-17(21)18-23-14(25-26(16)18)9-13-6-1-2-7-22-13/h1-8H,9H2,(H2,21,24). The Kier molecular flexibility index (Phi) is 4.07. The normalized spacial score (nSPS) is 10.8. The first-order chi connectivity index (χ1) is 12.7. The molecule has 0 aliphatic carbocycles. The van der Waals surface area contributed by atoms with Crippen LogP contribution in [0.25, 0.3) is 16.9 Å². The van der Waals surface area contributed by atoms with Crippen molar-refractivity contribution in [1.82, 2.24) is 24.6 Å². The van der Waals surface area contributed by atoms with Gasteiger partial charge in [0.05, 0.1) is 18.1 Å². The molecule has 126 valence electrons. The van der Waals surface area contributed by atoms with Crippen molar-refractivity contribution < 1.29 is 0 Å². The SMILES string of the molecule is N#Cc1cccc(-c2nc(N)c3nc(Cc4ccccn4)nn3c2Br)c1. The van der Waals surface area contributed by atoms with Crippen LogP contribution in [0.4, 0.5) is 5.82 Å². The lowest BCUT2D eigenvalue weighted by Gasteiger charge is -2.07. The zero-order chi connectivity index (χ0) is 18.1. The van der Waals surface area contributed by atoms with Gasteiger partial charge in [-0.2, -0.15) is 5.26 Å². The summed E-state index contributed by atoms with van der Waals surface area (Å²) < 4.78 is 2.24. The van der Waals surface area contributed by atoms with E-state index >= 15 is 0 Å². The molecule has 0 atom stereocenters. The van der Waals surface area contributed by atoms with Crippen molar-refractivity contribution in [2.45, 2.75) is 6.42 Å². The van der Waals surface area contributed by atoms with Crippen LogP contribution in [-0.2, 0) is 6.42 Å². The molecular weight excluding hydrogens is 394 g/mol. The highest BCUT2D eigenvalue weighted by molar-refractivity contribution is 9.10. The third-order valence-electron chi connectivity index (χ3n) is 3.82. The van der Waals surface area contributed by atoms with E-state index in [4.69, 9.17) is 11.0 Å². The van der Waals surface area contributed by atoms with Crippen LogP contribution < -0.4 is 5.73 Å². The molecule has 0 spiro atoms. The molecular formula is C18H12BrN7. The first kappa shape index (κ1) is 16.2. The predicted octanol–water partition coefficient (Wildman–Crippen LogP) is 2.99. The number of fused-ring (bicyclic) bond motifs is 1. The van der Waals surface area contributed by atoms with Gasteiger partial charge in [-0.3, -0.25) is 4.98 Å². The monoisotopic (exact) mass is 405 g/mol. The number of nitriles is 1. The van der Waals surface area contributed by atoms with E-state index in [2.05, 4.69) is 42.0 Å². The van der Waals surface area contributed by atoms with Gasteiger partial charge in [-0.1, -0.05) is 18.2 Å². The Morgan fingerprint density at radius 3 is 2.81 bits per heavy atom. The van der Waals surface area contributed by atoms with Crippen LogP contribution >= 0.6 is 15.9 Å². The van der Waals surface area contributed by atoms with Gasteiger partial charge in [0.15, 0.2) is 17.3 Å². The summed E-state index contributed by atoms with van der Waals surface area (Å²) in [7, 11) is 0. The summed E-state index contributed by atoms with van der Waals surface area (Å²) in [5.41, 5.74) is 9.36. The van der Waals surface area contributed by atoms with Crippen LogP contribution in [0, 0.1) is 11.3 Å². The highest BCUT2D eigenvalue weighted by Crippen LogP contribution is 2.29. The van der Waals surface area contributed by atoms with Crippen molar-refractivity contribution >= 4 is 27.4 Å². The van der Waals surface area contributed by atoms with Crippen LogP contribution in [0.15, 0.2) is 53.3 Å². The maximum absolute atomic E-state index is 9.11. The van der Waals surface area contributed by atoms with Crippen LogP contribution in [0.1, 0.15) is 17.1 Å². The van der Waals surface area contributed by atoms with Gasteiger partial charge in [-0.25, -0.2) is 14.5 Å². The Morgan fingerprint density at radius 1 is 1.15 bits per heavy atom. The first-order valence-corrected chi connectivity index (χ1v) is 8.56. The zero-order valence-corrected chi connectivity index (χ0v) is 15.1. The predicted molar refractivity (Wildman–Crippen MR) is 100 cm³/mol. The van der Waals surface area contributed by atoms with Gasteiger partial charge < -0.3 is 5.73 Å². The number of anilines is 1. The van der Waals surface area contributed by atoms with Crippen molar-refractivity contribution in [3.63, 3.8) is 0 Å². The fraction of sp³-hybridized carbons (Fsp3) is 0.0556. The minimum atomic E-state index is 0.269. The van der Waals surface area contributed by atoms with E-state index in [1.165, 1.54) is 0 Å². The summed E-state index contributed by atoms with van der Waals surface area (Å²) in [6, 6.07) is 15.0. The molecule has 0 radical (unpaired) electrons. The molecule has 0 unspecified atom stereocenters. The van der Waals surface area contributed by atoms with Crippen LogP contribution in [0.3, 0.4) is 0 Å². The van der Waals surface area contributed by atoms with Crippen molar-refractivity contribution in [3.8, 4) is 17.3 Å². The van der Waals surface area contributed by atoms with Gasteiger partial charge in [-0.05, 0) is 40.2 Å². The molecule has 0 aliphatic rings. The van der Waals surface area contributed by atoms with E-state index in [1.807, 2.05) is 24.3 Å². The van der Waals surface area contributed by atoms with Gasteiger partial charge in [0.2, 0.25) is 0 Å². The summed E-state index contributed by atoms with van der Waals surface area (Å²) in [5, 5.41) is 13.6. The second-order valence-corrected chi connectivity index (χ2v) is 6.34. The van der Waals surface area contributed by atoms with Gasteiger partial charge in [0.1, 0.15) is 10.3 Å². The summed E-state index contributed by atoms with van der Waals surface area (Å²) in [6.07, 6.45) is 2.23. The number of nitrogen functional groups attached to an aromatic ring is 1. The molecule has 26 heavy (non-hydrogen) atoms. The molecule has 3 aromatic heterocycles. The number of halogens is 1. The highest BCUT2D eigenvalue weighted by Gasteiger charge is 2.17. The van der Waals surface area contributed by atoms with Crippen molar-refractivity contribution in [3.05, 3.63) is 70.3 Å². The van der Waals surface area contributed by atoms with Crippen LogP contribution in [0.5, 0.6) is 0 Å². The average Bonchev–Trinajstić information content (AvgIpc) is 3.10. The molecule has 0 bridgehead atoms. The number of nitrogens with zero attached hydrogens (tertiary/aromatic N) is 6. The Balaban J connectivity index is 1.82. The third kappa shape index (κ3) is 2.89. The van der Waals surface area contributed by atoms with E-state index in [-0.39, 0.29) is 5.82 Å². The van der Waals surface area contributed by atoms with Crippen LogP contribution in [-0.4, -0.2) is 24.6 Å². The topological polar surface area (TPSA) is 106 Å². The van der Waals surface area contributed by atoms with Crippen molar-refractivity contribution in [2.75, 3.05) is 5.73 Å². The number of hydrogen-bond donors (Lipinski definition) is 1. The Morgan fingerprint density at radius 2 is 2.04 bits per heavy atom. The molecule has 0 saturated carbocycles. The van der Waals surface area contributed by atoms with Gasteiger partial charge >= 0.3 is 0 Å². The largest absolute Gasteiger partial charge is 0.381 e. The van der Waals surface area contributed by atoms with Crippen molar-refractivity contribution in [1.29, 1.82) is 5.26 Å². The highest BCUT2D eigenvalue weighted by atomic mass is 79.9. The molecule has 4 aromatic rings. The Labute approximate surface area is 157 Å². The lowest BCUT2D eigenvalue weighted by atomic mass is 10.1. The van der Waals surface area contributed by atoms with Gasteiger partial charge in [-0.15, -0.1) is 5.10 Å². The lowest BCUT2D eigenvalue weighted by molar-refractivity contribution is 0.869. The van der Waals surface area contributed by atoms with E-state index < -0.39 is 0 Å². The molecule has 0 saturated heterocycles. The quantitative estimate of drug-likeness (QED) is 0.561. The molecule has 8 heteroatoms. The fourth-order valence-electron chi connectivity index (χ4n) is 2.63. The van der Waals surface area contributed by atoms with Crippen molar-refractivity contribution in [2.24, 2.45) is 0 Å². The van der Waals surface area contributed by atoms with Crippen LogP contribution in [0.2, 0.25) is 0 Å². The smallest absolute Gasteiger partial charge is 0.199 e. The number of pyridine rings is 1. The van der Waals surface area contributed by atoms with E-state index in [1.54, 1.807) is 28.9 Å². The van der Waals surface area contributed by atoms with E-state index in [0.29, 0.717) is 33.8 Å². The van der Waals surface area contributed by atoms with Gasteiger partial charge in [0.25, 0.3) is 0 Å². The zero-order valence-electron chi connectivity index (χ0n) is 13.5. The molecule has 1 aromatic carbocycles. The Bertz CT molecular complexity index is 1150. The fourth-order valence-corrected chi connectivity index (χ4v) is 3.20.